The third-order valence-electron chi connectivity index (χ3n) is 3.78. The number of nitrogens with zero attached hydrogens (tertiary/aromatic N) is 4. The molecular weight excluding hydrogens is 429 g/mol. The molecule has 160 valence electrons. The van der Waals surface area contributed by atoms with Crippen molar-refractivity contribution in [1.82, 2.24) is 25.5 Å². The van der Waals surface area contributed by atoms with Crippen molar-refractivity contribution in [3.63, 3.8) is 0 Å². The van der Waals surface area contributed by atoms with E-state index < -0.39 is 6.36 Å². The van der Waals surface area contributed by atoms with Gasteiger partial charge in [-0.05, 0) is 42.0 Å². The van der Waals surface area contributed by atoms with E-state index in [4.69, 9.17) is 12.2 Å². The van der Waals surface area contributed by atoms with Gasteiger partial charge < -0.3 is 10.1 Å². The Morgan fingerprint density at radius 3 is 2.52 bits per heavy atom. The van der Waals surface area contributed by atoms with Crippen LogP contribution in [0, 0.1) is 0 Å². The van der Waals surface area contributed by atoms with Crippen LogP contribution in [0.2, 0.25) is 0 Å². The predicted molar refractivity (Wildman–Crippen MR) is 115 cm³/mol. The number of benzene rings is 2. The number of hydrazone groups is 1. The molecule has 2 aromatic carbocycles. The molecule has 0 spiro atoms. The van der Waals surface area contributed by atoms with E-state index in [-0.39, 0.29) is 5.75 Å². The highest BCUT2D eigenvalue weighted by Crippen LogP contribution is 2.24. The van der Waals surface area contributed by atoms with Crippen molar-refractivity contribution < 1.29 is 17.9 Å². The Morgan fingerprint density at radius 1 is 1.16 bits per heavy atom. The van der Waals surface area contributed by atoms with Crippen molar-refractivity contribution in [3.05, 3.63) is 73.1 Å². The highest BCUT2D eigenvalue weighted by atomic mass is 32.1. The zero-order valence-corrected chi connectivity index (χ0v) is 16.8. The summed E-state index contributed by atoms with van der Waals surface area (Å²) >= 11 is 5.03. The minimum atomic E-state index is -4.73. The highest BCUT2D eigenvalue weighted by Gasteiger charge is 2.30. The van der Waals surface area contributed by atoms with Gasteiger partial charge in [-0.25, -0.2) is 9.67 Å². The summed E-state index contributed by atoms with van der Waals surface area (Å²) in [5.41, 5.74) is 4.84. The van der Waals surface area contributed by atoms with Crippen LogP contribution in [-0.4, -0.2) is 39.0 Å². The summed E-state index contributed by atoms with van der Waals surface area (Å²) in [7, 11) is 0. The van der Waals surface area contributed by atoms with Crippen molar-refractivity contribution in [1.29, 1.82) is 0 Å². The number of aromatic nitrogens is 3. The van der Waals surface area contributed by atoms with Crippen LogP contribution < -0.4 is 15.5 Å². The maximum absolute atomic E-state index is 12.3. The van der Waals surface area contributed by atoms with Crippen molar-refractivity contribution in [3.8, 4) is 22.8 Å². The molecular formula is C20H17F3N6OS. The minimum Gasteiger partial charge on any atom is -0.406 e. The molecule has 0 amide bonds. The Kier molecular flexibility index (Phi) is 6.98. The molecule has 0 bridgehead atoms. The number of hydrogen-bond donors (Lipinski definition) is 2. The molecule has 0 aliphatic heterocycles. The smallest absolute Gasteiger partial charge is 0.406 e. The van der Waals surface area contributed by atoms with Gasteiger partial charge in [-0.15, -0.1) is 24.8 Å². The number of rotatable bonds is 7. The molecule has 0 unspecified atom stereocenters. The quantitative estimate of drug-likeness (QED) is 0.249. The third-order valence-corrected chi connectivity index (χ3v) is 4.02. The first-order valence-electron chi connectivity index (χ1n) is 8.90. The number of halogens is 3. The van der Waals surface area contributed by atoms with Crippen LogP contribution in [-0.2, 0) is 0 Å². The van der Waals surface area contributed by atoms with E-state index >= 15 is 0 Å². The summed E-state index contributed by atoms with van der Waals surface area (Å²) in [5.74, 6) is 0.160. The van der Waals surface area contributed by atoms with Gasteiger partial charge in [0.05, 0.1) is 11.9 Å². The summed E-state index contributed by atoms with van der Waals surface area (Å²) < 4.78 is 42.1. The van der Waals surface area contributed by atoms with Crippen molar-refractivity contribution in [2.45, 2.75) is 6.36 Å². The zero-order valence-electron chi connectivity index (χ0n) is 16.0. The second kappa shape index (κ2) is 9.85. The molecule has 3 aromatic rings. The lowest BCUT2D eigenvalue weighted by Crippen LogP contribution is -2.31. The molecule has 1 heterocycles. The van der Waals surface area contributed by atoms with Crippen LogP contribution in [0.1, 0.15) is 5.56 Å². The van der Waals surface area contributed by atoms with Crippen molar-refractivity contribution in [2.75, 3.05) is 6.54 Å². The largest absolute Gasteiger partial charge is 0.573 e. The maximum atomic E-state index is 12.3. The molecule has 11 heteroatoms. The average molecular weight is 446 g/mol. The Balaban J connectivity index is 1.63. The Labute approximate surface area is 181 Å². The van der Waals surface area contributed by atoms with Crippen molar-refractivity contribution in [2.24, 2.45) is 5.10 Å². The first kappa shape index (κ1) is 22.0. The molecule has 0 fully saturated rings. The number of thiocarbonyl (C=S) groups is 1. The molecule has 0 saturated carbocycles. The van der Waals surface area contributed by atoms with E-state index in [1.807, 2.05) is 24.3 Å². The number of alkyl halides is 3. The lowest BCUT2D eigenvalue weighted by molar-refractivity contribution is -0.274. The fourth-order valence-corrected chi connectivity index (χ4v) is 2.54. The normalized spacial score (nSPS) is 11.3. The van der Waals surface area contributed by atoms with Gasteiger partial charge in [-0.3, -0.25) is 5.43 Å². The molecule has 0 atom stereocenters. The lowest BCUT2D eigenvalue weighted by Gasteiger charge is -2.09. The van der Waals surface area contributed by atoms with Gasteiger partial charge in [0.2, 0.25) is 0 Å². The van der Waals surface area contributed by atoms with Gasteiger partial charge in [0.15, 0.2) is 10.9 Å². The van der Waals surface area contributed by atoms with E-state index in [0.29, 0.717) is 23.2 Å². The highest BCUT2D eigenvalue weighted by molar-refractivity contribution is 7.80. The van der Waals surface area contributed by atoms with E-state index in [9.17, 15) is 13.2 Å². The summed E-state index contributed by atoms with van der Waals surface area (Å²) in [5, 5.41) is 11.7. The van der Waals surface area contributed by atoms with Crippen LogP contribution >= 0.6 is 12.2 Å². The molecule has 31 heavy (non-hydrogen) atoms. The van der Waals surface area contributed by atoms with E-state index in [0.717, 1.165) is 11.1 Å². The molecule has 2 N–H and O–H groups in total. The lowest BCUT2D eigenvalue weighted by atomic mass is 10.1. The molecule has 7 nitrogen and oxygen atoms in total. The van der Waals surface area contributed by atoms with E-state index in [1.54, 1.807) is 12.3 Å². The van der Waals surface area contributed by atoms with Gasteiger partial charge in [-0.1, -0.05) is 30.3 Å². The van der Waals surface area contributed by atoms with E-state index in [1.165, 1.54) is 35.3 Å². The Morgan fingerprint density at radius 2 is 1.87 bits per heavy atom. The van der Waals surface area contributed by atoms with Crippen LogP contribution in [0.5, 0.6) is 5.75 Å². The van der Waals surface area contributed by atoms with Gasteiger partial charge in [0.25, 0.3) is 0 Å². The molecule has 3 rings (SSSR count). The SMILES string of the molecule is C=CCNC(=S)N/N=C/c1ccc(-c2ncn(-c3ccc(OC(F)(F)F)cc3)n2)cc1. The predicted octanol–water partition coefficient (Wildman–Crippen LogP) is 3.82. The standard InChI is InChI=1S/C20H17F3N6OS/c1-2-11-24-19(31)27-26-12-14-3-5-15(6-4-14)18-25-13-29(28-18)16-7-9-17(10-8-16)30-20(21,22)23/h2-10,12-13H,1,11H2,(H2,24,27,31)/b26-12+. The average Bonchev–Trinajstić information content (AvgIpc) is 3.22. The fraction of sp³-hybridized carbons (Fsp3) is 0.100. The van der Waals surface area contributed by atoms with Gasteiger partial charge in [0, 0.05) is 12.1 Å². The van der Waals surface area contributed by atoms with Crippen LogP contribution in [0.15, 0.2) is 72.6 Å². The fourth-order valence-electron chi connectivity index (χ4n) is 2.41. The van der Waals surface area contributed by atoms with Crippen molar-refractivity contribution >= 4 is 23.5 Å². The Bertz CT molecular complexity index is 1060. The molecule has 0 aliphatic carbocycles. The number of ether oxygens (including phenoxy) is 1. The van der Waals surface area contributed by atoms with Crippen LogP contribution in [0.3, 0.4) is 0 Å². The second-order valence-corrected chi connectivity index (χ2v) is 6.45. The first-order valence-corrected chi connectivity index (χ1v) is 9.31. The summed E-state index contributed by atoms with van der Waals surface area (Å²) in [4.78, 5) is 4.25. The molecule has 0 saturated heterocycles. The van der Waals surface area contributed by atoms with E-state index in [2.05, 4.69) is 37.2 Å². The monoisotopic (exact) mass is 446 g/mol. The summed E-state index contributed by atoms with van der Waals surface area (Å²) in [6.45, 7) is 4.13. The Hall–Kier alpha value is -3.73. The number of hydrogen-bond acceptors (Lipinski definition) is 5. The molecule has 0 aliphatic rings. The molecule has 0 radical (unpaired) electrons. The second-order valence-electron chi connectivity index (χ2n) is 6.05. The zero-order chi connectivity index (χ0) is 22.3. The minimum absolute atomic E-state index is 0.305. The van der Waals surface area contributed by atoms with Crippen LogP contribution in [0.4, 0.5) is 13.2 Å². The number of nitrogens with one attached hydrogen (secondary N) is 2. The third kappa shape index (κ3) is 6.64. The molecule has 1 aromatic heterocycles. The van der Waals surface area contributed by atoms with Crippen LogP contribution in [0.25, 0.3) is 17.1 Å². The first-order chi connectivity index (χ1) is 14.8. The van der Waals surface area contributed by atoms with Gasteiger partial charge in [-0.2, -0.15) is 5.10 Å². The maximum Gasteiger partial charge on any atom is 0.573 e. The summed E-state index contributed by atoms with van der Waals surface area (Å²) in [6, 6.07) is 12.7. The summed E-state index contributed by atoms with van der Waals surface area (Å²) in [6.07, 6.45) is 0.0417. The van der Waals surface area contributed by atoms with Gasteiger partial charge in [0.1, 0.15) is 12.1 Å². The topological polar surface area (TPSA) is 76.4 Å². The van der Waals surface area contributed by atoms with Gasteiger partial charge >= 0.3 is 6.36 Å².